The highest BCUT2D eigenvalue weighted by atomic mass is 35.5. The summed E-state index contributed by atoms with van der Waals surface area (Å²) in [6, 6.07) is 0. The minimum atomic E-state index is -0.167. The average Bonchev–Trinajstić information content (AvgIpc) is 0.811. The van der Waals surface area contributed by atoms with Gasteiger partial charge in [-0.1, -0.05) is 0 Å². The lowest BCUT2D eigenvalue weighted by molar-refractivity contribution is -0.00000343. The highest BCUT2D eigenvalue weighted by Crippen LogP contribution is 1.65. The van der Waals surface area contributed by atoms with Gasteiger partial charge in [-0.3, -0.25) is 0 Å². The van der Waals surface area contributed by atoms with Crippen LogP contribution in [0.4, 0.5) is 0 Å². The Labute approximate surface area is 39.9 Å². The molecule has 0 rings (SSSR count). The van der Waals surface area contributed by atoms with Gasteiger partial charge in [0.05, 0.1) is 0 Å². The second kappa shape index (κ2) is 4.25. The van der Waals surface area contributed by atoms with Gasteiger partial charge in [0.1, 0.15) is 0 Å². The number of hydrogen-bond acceptors (Lipinski definition) is 1. The van der Waals surface area contributed by atoms with Crippen molar-refractivity contribution in [1.29, 1.82) is 0 Å². The van der Waals surface area contributed by atoms with Crippen molar-refractivity contribution in [3.05, 3.63) is 0 Å². The maximum atomic E-state index is 8.06. The van der Waals surface area contributed by atoms with Crippen LogP contribution in [0.3, 0.4) is 0 Å². The van der Waals surface area contributed by atoms with E-state index in [1.807, 2.05) is 0 Å². The largest absolute Gasteiger partial charge is 1.00 e. The van der Waals surface area contributed by atoms with Crippen LogP contribution in [-0.2, 0) is 0 Å². The molecule has 0 radical (unpaired) electrons. The van der Waals surface area contributed by atoms with Crippen LogP contribution in [0, 0.1) is 0 Å². The number of aliphatic hydroxyl groups excluding tert-OH is 1. The molecule has 0 fully saturated rings. The molecule has 0 aliphatic heterocycles. The fourth-order valence-corrected chi connectivity index (χ4v) is 0. The molecular weight excluding hydrogens is 87.5 g/mol. The third-order valence-electron chi connectivity index (χ3n) is 0. The first-order chi connectivity index (χ1) is 1.73. The Kier molecular flexibility index (Phi) is 7.63. The predicted molar refractivity (Wildman–Crippen MR) is 18.5 cm³/mol. The van der Waals surface area contributed by atoms with Crippen LogP contribution in [0.25, 0.3) is 0 Å². The van der Waals surface area contributed by atoms with Crippen molar-refractivity contribution in [2.24, 2.45) is 0 Å². The first kappa shape index (κ1) is 8.98. The predicted octanol–water partition coefficient (Wildman–Crippen LogP) is -2.50. The molecule has 0 saturated carbocycles. The van der Waals surface area contributed by atoms with Gasteiger partial charge in [0, 0.05) is 6.10 Å². The average molecular weight is 96.6 g/mol. The Morgan fingerprint density at radius 2 is 1.60 bits per heavy atom. The molecule has 1 N–H and O–H groups in total. The number of hydrogen-bond donors (Lipinski definition) is 1. The van der Waals surface area contributed by atoms with Crippen molar-refractivity contribution in [3.8, 4) is 0 Å². The van der Waals surface area contributed by atoms with Crippen LogP contribution in [0.1, 0.15) is 15.3 Å². The Morgan fingerprint density at radius 1 is 1.60 bits per heavy atom. The second-order valence-corrected chi connectivity index (χ2v) is 1.09. The normalized spacial score (nSPS) is 7.20. The zero-order valence-corrected chi connectivity index (χ0v) is 4.16. The molecule has 0 aliphatic carbocycles. The zero-order valence-electron chi connectivity index (χ0n) is 4.40. The molecule has 0 aliphatic rings. The lowest BCUT2D eigenvalue weighted by atomic mass is 10.5. The van der Waals surface area contributed by atoms with E-state index >= 15 is 0 Å². The summed E-state index contributed by atoms with van der Waals surface area (Å²) in [6.45, 7) is 3.44. The van der Waals surface area contributed by atoms with E-state index in [1.54, 1.807) is 13.8 Å². The highest BCUT2D eigenvalue weighted by Gasteiger charge is 1.69. The molecule has 0 aromatic heterocycles. The summed E-state index contributed by atoms with van der Waals surface area (Å²) in [4.78, 5) is 0. The van der Waals surface area contributed by atoms with Gasteiger partial charge in [-0.05, 0) is 13.8 Å². The fourth-order valence-electron chi connectivity index (χ4n) is 0. The van der Waals surface area contributed by atoms with E-state index in [9.17, 15) is 0 Å². The lowest BCUT2D eigenvalue weighted by Crippen LogP contribution is -3.00. The SMILES string of the molecule is CC(C)O.[Cl-].[H+]. The van der Waals surface area contributed by atoms with Crippen molar-refractivity contribution >= 4 is 0 Å². The summed E-state index contributed by atoms with van der Waals surface area (Å²) >= 11 is 0. The van der Waals surface area contributed by atoms with E-state index in [2.05, 4.69) is 0 Å². The first-order valence-electron chi connectivity index (χ1n) is 1.41. The highest BCUT2D eigenvalue weighted by molar-refractivity contribution is 4.20. The molecule has 0 aromatic rings. The number of rotatable bonds is 0. The van der Waals surface area contributed by atoms with Crippen molar-refractivity contribution in [1.82, 2.24) is 0 Å². The van der Waals surface area contributed by atoms with Crippen LogP contribution in [-0.4, -0.2) is 11.2 Å². The molecule has 0 amide bonds. The summed E-state index contributed by atoms with van der Waals surface area (Å²) < 4.78 is 0. The fraction of sp³-hybridized carbons (Fsp3) is 1.00. The molecule has 2 heteroatoms. The number of halogens is 1. The summed E-state index contributed by atoms with van der Waals surface area (Å²) in [5, 5.41) is 8.06. The molecule has 5 heavy (non-hydrogen) atoms. The van der Waals surface area contributed by atoms with Gasteiger partial charge < -0.3 is 17.5 Å². The van der Waals surface area contributed by atoms with Gasteiger partial charge in [0.25, 0.3) is 0 Å². The van der Waals surface area contributed by atoms with Crippen molar-refractivity contribution in [2.45, 2.75) is 20.0 Å². The topological polar surface area (TPSA) is 20.2 Å². The summed E-state index contributed by atoms with van der Waals surface area (Å²) in [5.74, 6) is 0. The smallest absolute Gasteiger partial charge is 1.00 e. The minimum Gasteiger partial charge on any atom is -1.00 e. The molecule has 0 atom stereocenters. The summed E-state index contributed by atoms with van der Waals surface area (Å²) in [5.41, 5.74) is 0. The van der Waals surface area contributed by atoms with Crippen molar-refractivity contribution in [2.75, 3.05) is 0 Å². The van der Waals surface area contributed by atoms with Gasteiger partial charge in [-0.2, -0.15) is 0 Å². The van der Waals surface area contributed by atoms with E-state index in [1.165, 1.54) is 0 Å². The zero-order chi connectivity index (χ0) is 3.58. The Hall–Kier alpha value is 0.250. The van der Waals surface area contributed by atoms with Crippen LogP contribution in [0.2, 0.25) is 0 Å². The quantitative estimate of drug-likeness (QED) is 0.354. The maximum absolute atomic E-state index is 8.06. The Morgan fingerprint density at radius 3 is 1.60 bits per heavy atom. The summed E-state index contributed by atoms with van der Waals surface area (Å²) in [7, 11) is 0. The Balaban J connectivity index is -0.0000000450. The third kappa shape index (κ3) is 344. The first-order valence-corrected chi connectivity index (χ1v) is 1.41. The van der Waals surface area contributed by atoms with E-state index in [4.69, 9.17) is 5.11 Å². The van der Waals surface area contributed by atoms with Gasteiger partial charge in [0.2, 0.25) is 0 Å². The van der Waals surface area contributed by atoms with E-state index in [0.29, 0.717) is 0 Å². The molecule has 0 unspecified atom stereocenters. The lowest BCUT2D eigenvalue weighted by Gasteiger charge is -1.80. The van der Waals surface area contributed by atoms with Gasteiger partial charge >= 0.3 is 1.43 Å². The van der Waals surface area contributed by atoms with Crippen LogP contribution in [0.5, 0.6) is 0 Å². The standard InChI is InChI=1S/C3H8O.ClH/c1-3(2)4;/h3-4H,1-2H3;1H. The molecule has 1 nitrogen and oxygen atoms in total. The van der Waals surface area contributed by atoms with Crippen LogP contribution in [0.15, 0.2) is 0 Å². The molecule has 34 valence electrons. The molecule has 0 saturated heterocycles. The van der Waals surface area contributed by atoms with E-state index < -0.39 is 0 Å². The molecular formula is C3H9ClO. The van der Waals surface area contributed by atoms with Gasteiger partial charge in [-0.15, -0.1) is 0 Å². The van der Waals surface area contributed by atoms with Crippen LogP contribution >= 0.6 is 0 Å². The van der Waals surface area contributed by atoms with Gasteiger partial charge in [0.15, 0.2) is 0 Å². The Bertz CT molecular complexity index is 15.5. The monoisotopic (exact) mass is 96.0 g/mol. The molecule has 0 bridgehead atoms. The van der Waals surface area contributed by atoms with E-state index in [-0.39, 0.29) is 19.9 Å². The van der Waals surface area contributed by atoms with Crippen LogP contribution < -0.4 is 12.4 Å². The molecule has 0 aromatic carbocycles. The van der Waals surface area contributed by atoms with Crippen molar-refractivity contribution in [3.63, 3.8) is 0 Å². The van der Waals surface area contributed by atoms with Crippen molar-refractivity contribution < 1.29 is 18.9 Å². The summed E-state index contributed by atoms with van der Waals surface area (Å²) in [6.07, 6.45) is -0.167. The third-order valence-corrected chi connectivity index (χ3v) is 0. The molecule has 0 heterocycles. The maximum Gasteiger partial charge on any atom is 1.00 e. The number of aliphatic hydroxyl groups is 1. The molecule has 0 spiro atoms. The van der Waals surface area contributed by atoms with E-state index in [0.717, 1.165) is 0 Å². The second-order valence-electron chi connectivity index (χ2n) is 1.09. The van der Waals surface area contributed by atoms with Gasteiger partial charge in [-0.25, -0.2) is 0 Å². The minimum absolute atomic E-state index is 0.